The number of aromatic nitrogens is 1. The normalized spacial score (nSPS) is 11.4. The molecule has 2 aromatic heterocycles. The summed E-state index contributed by atoms with van der Waals surface area (Å²) in [6.07, 6.45) is -4.76. The number of rotatable bonds is 5. The standard InChI is InChI=1S/C25H17F5N2O4/c1-35-23-16(24(34)36-2)11-10-15-12-17(25(28,29)30)21(32(15)23)13-6-8-14(9-7-13)31-22(33)20-18(26)4-3-5-19(20)27/h3-12H,1-2H3,(H,31,33). The van der Waals surface area contributed by atoms with Crippen LogP contribution in [0.2, 0.25) is 0 Å². The molecule has 1 amide bonds. The number of methoxy groups -OCH3 is 2. The van der Waals surface area contributed by atoms with Gasteiger partial charge in [-0.2, -0.15) is 13.2 Å². The number of nitrogens with zero attached hydrogens (tertiary/aromatic N) is 1. The topological polar surface area (TPSA) is 69.0 Å². The molecular formula is C25H17F5N2O4. The monoisotopic (exact) mass is 504 g/mol. The lowest BCUT2D eigenvalue weighted by Gasteiger charge is -2.15. The Balaban J connectivity index is 1.81. The van der Waals surface area contributed by atoms with Crippen molar-refractivity contribution in [3.8, 4) is 17.1 Å². The maximum Gasteiger partial charge on any atom is 0.418 e. The summed E-state index contributed by atoms with van der Waals surface area (Å²) in [5.74, 6) is -4.16. The van der Waals surface area contributed by atoms with Crippen LogP contribution in [0.25, 0.3) is 16.8 Å². The fraction of sp³-hybridized carbons (Fsp3) is 0.120. The van der Waals surface area contributed by atoms with Gasteiger partial charge in [0.05, 0.1) is 25.5 Å². The predicted molar refractivity (Wildman–Crippen MR) is 120 cm³/mol. The van der Waals surface area contributed by atoms with Crippen molar-refractivity contribution in [2.45, 2.75) is 6.18 Å². The molecule has 0 aliphatic carbocycles. The van der Waals surface area contributed by atoms with Gasteiger partial charge in [0, 0.05) is 11.2 Å². The summed E-state index contributed by atoms with van der Waals surface area (Å²) in [5, 5.41) is 2.31. The van der Waals surface area contributed by atoms with Gasteiger partial charge < -0.3 is 14.8 Å². The van der Waals surface area contributed by atoms with Gasteiger partial charge >= 0.3 is 12.1 Å². The summed E-state index contributed by atoms with van der Waals surface area (Å²) in [6.45, 7) is 0. The highest BCUT2D eigenvalue weighted by molar-refractivity contribution is 6.04. The largest absolute Gasteiger partial charge is 0.481 e. The summed E-state index contributed by atoms with van der Waals surface area (Å²) >= 11 is 0. The molecule has 0 radical (unpaired) electrons. The van der Waals surface area contributed by atoms with Gasteiger partial charge in [0.1, 0.15) is 22.8 Å². The van der Waals surface area contributed by atoms with E-state index in [-0.39, 0.29) is 33.9 Å². The minimum absolute atomic E-state index is 0.0673. The zero-order valence-corrected chi connectivity index (χ0v) is 18.7. The Kier molecular flexibility index (Phi) is 6.40. The zero-order valence-electron chi connectivity index (χ0n) is 18.7. The number of carbonyl (C=O) groups is 2. The van der Waals surface area contributed by atoms with Crippen molar-refractivity contribution in [3.05, 3.63) is 89.0 Å². The molecule has 1 N–H and O–H groups in total. The van der Waals surface area contributed by atoms with Gasteiger partial charge in [-0.05, 0) is 48.0 Å². The fourth-order valence-corrected chi connectivity index (χ4v) is 3.82. The van der Waals surface area contributed by atoms with Crippen molar-refractivity contribution in [1.82, 2.24) is 4.40 Å². The van der Waals surface area contributed by atoms with Gasteiger partial charge in [0.25, 0.3) is 5.91 Å². The highest BCUT2D eigenvalue weighted by Crippen LogP contribution is 2.42. The number of anilines is 1. The molecule has 36 heavy (non-hydrogen) atoms. The summed E-state index contributed by atoms with van der Waals surface area (Å²) < 4.78 is 80.8. The van der Waals surface area contributed by atoms with E-state index >= 15 is 0 Å². The van der Waals surface area contributed by atoms with E-state index in [1.54, 1.807) is 0 Å². The lowest BCUT2D eigenvalue weighted by atomic mass is 10.1. The summed E-state index contributed by atoms with van der Waals surface area (Å²) in [5.41, 5.74) is -1.94. The lowest BCUT2D eigenvalue weighted by Crippen LogP contribution is -2.15. The first kappa shape index (κ1) is 24.7. The predicted octanol–water partition coefficient (Wildman–Crippen LogP) is 5.95. The van der Waals surface area contributed by atoms with Crippen LogP contribution >= 0.6 is 0 Å². The number of esters is 1. The Morgan fingerprint density at radius 3 is 2.11 bits per heavy atom. The van der Waals surface area contributed by atoms with Crippen molar-refractivity contribution in [2.24, 2.45) is 0 Å². The Labute approximate surface area is 200 Å². The van der Waals surface area contributed by atoms with Gasteiger partial charge in [0.15, 0.2) is 0 Å². The third kappa shape index (κ3) is 4.35. The first-order valence-corrected chi connectivity index (χ1v) is 10.3. The average molecular weight is 504 g/mol. The number of hydrogen-bond acceptors (Lipinski definition) is 4. The molecule has 2 aromatic carbocycles. The summed E-state index contributed by atoms with van der Waals surface area (Å²) in [6, 6.07) is 11.6. The van der Waals surface area contributed by atoms with Crippen LogP contribution < -0.4 is 10.1 Å². The number of ether oxygens (including phenoxy) is 2. The van der Waals surface area contributed by atoms with Crippen LogP contribution in [-0.2, 0) is 10.9 Å². The number of nitrogens with one attached hydrogen (secondary N) is 1. The number of carbonyl (C=O) groups excluding carboxylic acids is 2. The van der Waals surface area contributed by atoms with Crippen LogP contribution in [0, 0.1) is 11.6 Å². The number of pyridine rings is 1. The van der Waals surface area contributed by atoms with Gasteiger partial charge in [0.2, 0.25) is 5.88 Å². The molecule has 0 unspecified atom stereocenters. The number of alkyl halides is 3. The highest BCUT2D eigenvalue weighted by Gasteiger charge is 2.37. The van der Waals surface area contributed by atoms with E-state index in [0.29, 0.717) is 0 Å². The Morgan fingerprint density at radius 2 is 1.56 bits per heavy atom. The number of hydrogen-bond donors (Lipinski definition) is 1. The molecule has 186 valence electrons. The van der Waals surface area contributed by atoms with E-state index in [1.165, 1.54) is 43.5 Å². The smallest absolute Gasteiger partial charge is 0.418 e. The molecule has 0 spiro atoms. The van der Waals surface area contributed by atoms with E-state index in [9.17, 15) is 31.5 Å². The van der Waals surface area contributed by atoms with Gasteiger partial charge in [-0.3, -0.25) is 9.20 Å². The van der Waals surface area contributed by atoms with Gasteiger partial charge in [-0.25, -0.2) is 13.6 Å². The van der Waals surface area contributed by atoms with E-state index < -0.39 is 40.8 Å². The minimum Gasteiger partial charge on any atom is -0.481 e. The van der Waals surface area contributed by atoms with Crippen LogP contribution in [0.4, 0.5) is 27.6 Å². The quantitative estimate of drug-likeness (QED) is 0.269. The molecule has 2 heterocycles. The van der Waals surface area contributed by atoms with Gasteiger partial charge in [-0.15, -0.1) is 0 Å². The number of amides is 1. The first-order valence-electron chi connectivity index (χ1n) is 10.3. The number of halogens is 5. The van der Waals surface area contributed by atoms with Crippen LogP contribution in [0.15, 0.2) is 60.7 Å². The first-order chi connectivity index (χ1) is 17.1. The molecule has 0 bridgehead atoms. The van der Waals surface area contributed by atoms with Crippen molar-refractivity contribution >= 4 is 23.1 Å². The maximum atomic E-state index is 14.0. The Bertz CT molecular complexity index is 1460. The van der Waals surface area contributed by atoms with Crippen molar-refractivity contribution < 1.29 is 41.0 Å². The van der Waals surface area contributed by atoms with Crippen LogP contribution in [0.3, 0.4) is 0 Å². The van der Waals surface area contributed by atoms with Gasteiger partial charge in [-0.1, -0.05) is 18.2 Å². The minimum atomic E-state index is -4.76. The molecule has 0 saturated heterocycles. The third-order valence-corrected chi connectivity index (χ3v) is 5.39. The van der Waals surface area contributed by atoms with E-state index in [4.69, 9.17) is 9.47 Å². The molecule has 11 heteroatoms. The van der Waals surface area contributed by atoms with Crippen LogP contribution in [0.5, 0.6) is 5.88 Å². The van der Waals surface area contributed by atoms with E-state index in [0.717, 1.165) is 35.8 Å². The molecule has 0 aliphatic rings. The second kappa shape index (κ2) is 9.33. The Morgan fingerprint density at radius 1 is 0.917 bits per heavy atom. The molecule has 0 atom stereocenters. The van der Waals surface area contributed by atoms with Crippen molar-refractivity contribution in [1.29, 1.82) is 0 Å². The van der Waals surface area contributed by atoms with Crippen LogP contribution in [0.1, 0.15) is 26.3 Å². The van der Waals surface area contributed by atoms with E-state index in [2.05, 4.69) is 5.32 Å². The average Bonchev–Trinajstić information content (AvgIpc) is 3.24. The molecule has 4 rings (SSSR count). The fourth-order valence-electron chi connectivity index (χ4n) is 3.82. The summed E-state index contributed by atoms with van der Waals surface area (Å²) in [4.78, 5) is 24.5. The number of fused-ring (bicyclic) bond motifs is 1. The highest BCUT2D eigenvalue weighted by atomic mass is 19.4. The zero-order chi connectivity index (χ0) is 26.2. The molecule has 0 aliphatic heterocycles. The molecule has 0 fully saturated rings. The Hall–Kier alpha value is -4.41. The van der Waals surface area contributed by atoms with Crippen molar-refractivity contribution in [2.75, 3.05) is 19.5 Å². The second-order valence-electron chi connectivity index (χ2n) is 7.54. The van der Waals surface area contributed by atoms with Crippen molar-refractivity contribution in [3.63, 3.8) is 0 Å². The molecule has 6 nitrogen and oxygen atoms in total. The number of benzene rings is 2. The van der Waals surface area contributed by atoms with E-state index in [1.807, 2.05) is 0 Å². The summed E-state index contributed by atoms with van der Waals surface area (Å²) in [7, 11) is 2.34. The molecule has 4 aromatic rings. The lowest BCUT2D eigenvalue weighted by molar-refractivity contribution is -0.137. The molecular weight excluding hydrogens is 487 g/mol. The maximum absolute atomic E-state index is 14.0. The van der Waals surface area contributed by atoms with Crippen LogP contribution in [-0.4, -0.2) is 30.5 Å². The SMILES string of the molecule is COC(=O)c1ccc2cc(C(F)(F)F)c(-c3ccc(NC(=O)c4c(F)cccc4F)cc3)n2c1OC. The molecule has 0 saturated carbocycles. The third-order valence-electron chi connectivity index (χ3n) is 5.39. The second-order valence-corrected chi connectivity index (χ2v) is 7.54.